The lowest BCUT2D eigenvalue weighted by molar-refractivity contribution is -0.144. The Morgan fingerprint density at radius 3 is 2.39 bits per heavy atom. The number of carbonyl (C=O) groups is 2. The van der Waals surface area contributed by atoms with Crippen LogP contribution in [0.15, 0.2) is 0 Å². The zero-order chi connectivity index (χ0) is 13.7. The van der Waals surface area contributed by atoms with Crippen LogP contribution in [0.3, 0.4) is 0 Å². The molecule has 5 heteroatoms. The fraction of sp³-hybridized carbons (Fsp3) is 0.846. The second kappa shape index (κ2) is 6.73. The molecular weight excluding hydrogens is 232 g/mol. The quantitative estimate of drug-likeness (QED) is 0.657. The summed E-state index contributed by atoms with van der Waals surface area (Å²) < 4.78 is 0. The molecule has 0 aromatic carbocycles. The third kappa shape index (κ3) is 3.98. The van der Waals surface area contributed by atoms with E-state index in [0.29, 0.717) is 0 Å². The molecule has 1 amide bonds. The van der Waals surface area contributed by atoms with Crippen LogP contribution >= 0.6 is 0 Å². The Balaban J connectivity index is 2.64. The SMILES string of the molecule is CC(C)[C@@H](NC(=O)C1CCCCCC1N)C(=O)O. The minimum atomic E-state index is -0.986. The first-order valence-electron chi connectivity index (χ1n) is 6.72. The van der Waals surface area contributed by atoms with Gasteiger partial charge in [0.25, 0.3) is 0 Å². The summed E-state index contributed by atoms with van der Waals surface area (Å²) in [7, 11) is 0. The van der Waals surface area contributed by atoms with Gasteiger partial charge in [0.2, 0.25) is 5.91 Å². The van der Waals surface area contributed by atoms with E-state index in [1.54, 1.807) is 13.8 Å². The summed E-state index contributed by atoms with van der Waals surface area (Å²) in [5.74, 6) is -1.56. The van der Waals surface area contributed by atoms with E-state index in [4.69, 9.17) is 10.8 Å². The van der Waals surface area contributed by atoms with Crippen LogP contribution in [0.5, 0.6) is 0 Å². The molecule has 1 fully saturated rings. The lowest BCUT2D eigenvalue weighted by Gasteiger charge is -2.24. The smallest absolute Gasteiger partial charge is 0.326 e. The van der Waals surface area contributed by atoms with Crippen LogP contribution < -0.4 is 11.1 Å². The summed E-state index contributed by atoms with van der Waals surface area (Å²) >= 11 is 0. The van der Waals surface area contributed by atoms with Gasteiger partial charge in [-0.3, -0.25) is 4.79 Å². The average Bonchev–Trinajstić information content (AvgIpc) is 2.49. The van der Waals surface area contributed by atoms with E-state index in [1.165, 1.54) is 0 Å². The second-order valence-corrected chi connectivity index (χ2v) is 5.48. The number of hydrogen-bond acceptors (Lipinski definition) is 3. The highest BCUT2D eigenvalue weighted by atomic mass is 16.4. The highest BCUT2D eigenvalue weighted by molar-refractivity contribution is 5.85. The largest absolute Gasteiger partial charge is 0.480 e. The van der Waals surface area contributed by atoms with Crippen molar-refractivity contribution in [2.24, 2.45) is 17.6 Å². The number of amides is 1. The number of nitrogens with one attached hydrogen (secondary N) is 1. The molecule has 1 saturated carbocycles. The van der Waals surface area contributed by atoms with Crippen LogP contribution in [-0.4, -0.2) is 29.1 Å². The summed E-state index contributed by atoms with van der Waals surface area (Å²) in [4.78, 5) is 23.2. The van der Waals surface area contributed by atoms with E-state index in [2.05, 4.69) is 5.32 Å². The summed E-state index contributed by atoms with van der Waals surface area (Å²) in [6, 6.07) is -0.970. The summed E-state index contributed by atoms with van der Waals surface area (Å²) in [5.41, 5.74) is 6.00. The highest BCUT2D eigenvalue weighted by Crippen LogP contribution is 2.22. The van der Waals surface area contributed by atoms with Crippen molar-refractivity contribution < 1.29 is 14.7 Å². The van der Waals surface area contributed by atoms with Crippen LogP contribution in [0.1, 0.15) is 46.0 Å². The van der Waals surface area contributed by atoms with E-state index >= 15 is 0 Å². The van der Waals surface area contributed by atoms with E-state index in [1.807, 2.05) is 0 Å². The molecule has 0 bridgehead atoms. The minimum Gasteiger partial charge on any atom is -0.480 e. The molecule has 1 rings (SSSR count). The topological polar surface area (TPSA) is 92.4 Å². The van der Waals surface area contributed by atoms with Crippen molar-refractivity contribution in [1.29, 1.82) is 0 Å². The average molecular weight is 256 g/mol. The van der Waals surface area contributed by atoms with Crippen LogP contribution in [0.25, 0.3) is 0 Å². The monoisotopic (exact) mass is 256 g/mol. The van der Waals surface area contributed by atoms with Gasteiger partial charge in [0, 0.05) is 6.04 Å². The maximum atomic E-state index is 12.1. The summed E-state index contributed by atoms with van der Waals surface area (Å²) in [6.45, 7) is 3.57. The van der Waals surface area contributed by atoms with Crippen LogP contribution in [0.4, 0.5) is 0 Å². The number of aliphatic carboxylic acids is 1. The molecule has 0 aliphatic heterocycles. The van der Waals surface area contributed by atoms with Gasteiger partial charge in [-0.05, 0) is 18.8 Å². The number of carboxylic acid groups (broad SMARTS) is 1. The van der Waals surface area contributed by atoms with Crippen molar-refractivity contribution in [1.82, 2.24) is 5.32 Å². The van der Waals surface area contributed by atoms with Crippen LogP contribution in [-0.2, 0) is 9.59 Å². The van der Waals surface area contributed by atoms with Crippen LogP contribution in [0.2, 0.25) is 0 Å². The maximum absolute atomic E-state index is 12.1. The van der Waals surface area contributed by atoms with Gasteiger partial charge in [0.15, 0.2) is 0 Å². The van der Waals surface area contributed by atoms with E-state index in [9.17, 15) is 9.59 Å². The number of carboxylic acids is 1. The molecular formula is C13H24N2O3. The molecule has 0 aromatic heterocycles. The van der Waals surface area contributed by atoms with E-state index in [0.717, 1.165) is 32.1 Å². The van der Waals surface area contributed by atoms with E-state index in [-0.39, 0.29) is 23.8 Å². The third-order valence-electron chi connectivity index (χ3n) is 3.64. The van der Waals surface area contributed by atoms with Gasteiger partial charge in [-0.2, -0.15) is 0 Å². The number of rotatable bonds is 4. The van der Waals surface area contributed by atoms with Crippen molar-refractivity contribution in [2.45, 2.75) is 58.0 Å². The first-order valence-corrected chi connectivity index (χ1v) is 6.72. The van der Waals surface area contributed by atoms with Crippen molar-refractivity contribution in [3.63, 3.8) is 0 Å². The molecule has 4 N–H and O–H groups in total. The molecule has 18 heavy (non-hydrogen) atoms. The van der Waals surface area contributed by atoms with Crippen molar-refractivity contribution in [3.05, 3.63) is 0 Å². The Hall–Kier alpha value is -1.10. The number of carbonyl (C=O) groups excluding carboxylic acids is 1. The lowest BCUT2D eigenvalue weighted by atomic mass is 9.93. The third-order valence-corrected chi connectivity index (χ3v) is 3.64. The second-order valence-electron chi connectivity index (χ2n) is 5.48. The molecule has 1 aliphatic rings. The lowest BCUT2D eigenvalue weighted by Crippen LogP contribution is -2.50. The number of hydrogen-bond donors (Lipinski definition) is 3. The molecule has 1 aliphatic carbocycles. The normalized spacial score (nSPS) is 26.4. The highest BCUT2D eigenvalue weighted by Gasteiger charge is 2.31. The van der Waals surface area contributed by atoms with Gasteiger partial charge in [-0.15, -0.1) is 0 Å². The minimum absolute atomic E-state index is 0.131. The first kappa shape index (κ1) is 15.0. The zero-order valence-corrected chi connectivity index (χ0v) is 11.2. The summed E-state index contributed by atoms with van der Waals surface area (Å²) in [5, 5.41) is 11.7. The Bertz CT molecular complexity index is 305. The Labute approximate surface area is 108 Å². The zero-order valence-electron chi connectivity index (χ0n) is 11.2. The molecule has 3 atom stereocenters. The predicted molar refractivity (Wildman–Crippen MR) is 69.0 cm³/mol. The van der Waals surface area contributed by atoms with Gasteiger partial charge in [0.1, 0.15) is 6.04 Å². The molecule has 0 aromatic rings. The molecule has 5 nitrogen and oxygen atoms in total. The predicted octanol–water partition coefficient (Wildman–Crippen LogP) is 1.12. The maximum Gasteiger partial charge on any atom is 0.326 e. The standard InChI is InChI=1S/C13H24N2O3/c1-8(2)11(13(17)18)15-12(16)9-6-4-3-5-7-10(9)14/h8-11H,3-7,14H2,1-2H3,(H,15,16)(H,17,18)/t9?,10?,11-/m1/s1. The fourth-order valence-corrected chi connectivity index (χ4v) is 2.44. The number of nitrogens with two attached hydrogens (primary N) is 1. The van der Waals surface area contributed by atoms with Gasteiger partial charge in [-0.25, -0.2) is 4.79 Å². The molecule has 0 radical (unpaired) electrons. The van der Waals surface area contributed by atoms with Crippen LogP contribution in [0, 0.1) is 11.8 Å². The molecule has 104 valence electrons. The molecule has 0 heterocycles. The molecule has 0 saturated heterocycles. The molecule has 0 spiro atoms. The van der Waals surface area contributed by atoms with Crippen molar-refractivity contribution in [3.8, 4) is 0 Å². The van der Waals surface area contributed by atoms with Gasteiger partial charge >= 0.3 is 5.97 Å². The first-order chi connectivity index (χ1) is 8.43. The molecule has 2 unspecified atom stereocenters. The Morgan fingerprint density at radius 1 is 1.22 bits per heavy atom. The van der Waals surface area contributed by atoms with Gasteiger partial charge in [-0.1, -0.05) is 33.1 Å². The van der Waals surface area contributed by atoms with E-state index < -0.39 is 12.0 Å². The fourth-order valence-electron chi connectivity index (χ4n) is 2.44. The van der Waals surface area contributed by atoms with Gasteiger partial charge < -0.3 is 16.2 Å². The Morgan fingerprint density at radius 2 is 1.83 bits per heavy atom. The van der Waals surface area contributed by atoms with Crippen molar-refractivity contribution in [2.75, 3.05) is 0 Å². The summed E-state index contributed by atoms with van der Waals surface area (Å²) in [6.07, 6.45) is 4.75. The Kier molecular flexibility index (Phi) is 5.59. The van der Waals surface area contributed by atoms with Gasteiger partial charge in [0.05, 0.1) is 5.92 Å². The van der Waals surface area contributed by atoms with Crippen molar-refractivity contribution >= 4 is 11.9 Å².